The lowest BCUT2D eigenvalue weighted by Crippen LogP contribution is -1.98. The van der Waals surface area contributed by atoms with Crippen LogP contribution in [0.15, 0.2) is 133 Å². The number of hydrogen-bond donors (Lipinski definition) is 0. The number of fused-ring (bicyclic) bond motifs is 5. The van der Waals surface area contributed by atoms with Gasteiger partial charge in [-0.15, -0.1) is 0 Å². The smallest absolute Gasteiger partial charge is 0.0547 e. The van der Waals surface area contributed by atoms with Gasteiger partial charge in [-0.05, 0) is 63.9 Å². The van der Waals surface area contributed by atoms with E-state index in [4.69, 9.17) is 11.6 Å². The Labute approximate surface area is 214 Å². The molecule has 6 aromatic carbocycles. The lowest BCUT2D eigenvalue weighted by Gasteiger charge is -2.16. The number of halogens is 1. The van der Waals surface area contributed by atoms with E-state index in [-0.39, 0.29) is 0 Å². The number of hydrogen-bond acceptors (Lipinski definition) is 0. The Morgan fingerprint density at radius 3 is 2.08 bits per heavy atom. The van der Waals surface area contributed by atoms with E-state index in [1.54, 1.807) is 0 Å². The summed E-state index contributed by atoms with van der Waals surface area (Å²) in [6.07, 6.45) is 0. The summed E-state index contributed by atoms with van der Waals surface area (Å²) in [5, 5.41) is 5.80. The minimum absolute atomic E-state index is 0.733. The van der Waals surface area contributed by atoms with E-state index in [2.05, 4.69) is 126 Å². The average molecular weight is 480 g/mol. The van der Waals surface area contributed by atoms with Crippen molar-refractivity contribution >= 4 is 44.2 Å². The van der Waals surface area contributed by atoms with Gasteiger partial charge in [-0.2, -0.15) is 0 Å². The van der Waals surface area contributed by atoms with Gasteiger partial charge >= 0.3 is 0 Å². The van der Waals surface area contributed by atoms with Crippen LogP contribution in [-0.2, 0) is 0 Å². The summed E-state index contributed by atoms with van der Waals surface area (Å²) < 4.78 is 2.40. The maximum absolute atomic E-state index is 6.48. The fourth-order valence-corrected chi connectivity index (χ4v) is 5.62. The maximum atomic E-state index is 6.48. The molecule has 7 rings (SSSR count). The zero-order chi connectivity index (χ0) is 24.1. The molecule has 0 saturated carbocycles. The monoisotopic (exact) mass is 479 g/mol. The van der Waals surface area contributed by atoms with Gasteiger partial charge in [0.15, 0.2) is 0 Å². The molecule has 0 saturated heterocycles. The van der Waals surface area contributed by atoms with Crippen molar-refractivity contribution < 1.29 is 0 Å². The van der Waals surface area contributed by atoms with Crippen molar-refractivity contribution in [2.75, 3.05) is 0 Å². The Kier molecular flexibility index (Phi) is 4.90. The van der Waals surface area contributed by atoms with Crippen LogP contribution in [0.5, 0.6) is 0 Å². The molecule has 36 heavy (non-hydrogen) atoms. The number of benzene rings is 6. The largest absolute Gasteiger partial charge is 0.309 e. The molecule has 0 amide bonds. The van der Waals surface area contributed by atoms with Gasteiger partial charge in [0.25, 0.3) is 0 Å². The molecule has 0 N–H and O–H groups in total. The van der Waals surface area contributed by atoms with Gasteiger partial charge in [-0.3, -0.25) is 0 Å². The highest BCUT2D eigenvalue weighted by Crippen LogP contribution is 2.40. The Bertz CT molecular complexity index is 1900. The zero-order valence-corrected chi connectivity index (χ0v) is 20.3. The van der Waals surface area contributed by atoms with Crippen molar-refractivity contribution in [3.63, 3.8) is 0 Å². The number of rotatable bonds is 3. The fraction of sp³-hybridized carbons (Fsp3) is 0. The normalized spacial score (nSPS) is 11.5. The van der Waals surface area contributed by atoms with Crippen LogP contribution in [0.25, 0.3) is 60.5 Å². The highest BCUT2D eigenvalue weighted by molar-refractivity contribution is 6.31. The molecule has 0 aliphatic heterocycles. The highest BCUT2D eigenvalue weighted by atomic mass is 35.5. The molecule has 1 nitrogen and oxygen atoms in total. The van der Waals surface area contributed by atoms with Crippen molar-refractivity contribution in [1.82, 2.24) is 4.57 Å². The predicted octanol–water partition coefficient (Wildman–Crippen LogP) is 9.92. The molecule has 2 heteroatoms. The van der Waals surface area contributed by atoms with E-state index in [0.29, 0.717) is 0 Å². The Balaban J connectivity index is 1.60. The predicted molar refractivity (Wildman–Crippen MR) is 154 cm³/mol. The number of nitrogens with zero attached hydrogens (tertiary/aromatic N) is 1. The van der Waals surface area contributed by atoms with Gasteiger partial charge in [-0.25, -0.2) is 0 Å². The van der Waals surface area contributed by atoms with Gasteiger partial charge in [0, 0.05) is 21.4 Å². The molecule has 170 valence electrons. The second-order valence-corrected chi connectivity index (χ2v) is 9.58. The Morgan fingerprint density at radius 2 is 1.22 bits per heavy atom. The van der Waals surface area contributed by atoms with Crippen LogP contribution in [0.4, 0.5) is 0 Å². The van der Waals surface area contributed by atoms with Crippen molar-refractivity contribution in [3.05, 3.63) is 138 Å². The zero-order valence-electron chi connectivity index (χ0n) is 19.5. The molecular formula is C34H22ClN. The van der Waals surface area contributed by atoms with Crippen LogP contribution in [0, 0.1) is 0 Å². The molecule has 0 fully saturated rings. The van der Waals surface area contributed by atoms with Crippen LogP contribution in [0.2, 0.25) is 5.02 Å². The number of aromatic nitrogens is 1. The second-order valence-electron chi connectivity index (χ2n) is 9.14. The van der Waals surface area contributed by atoms with Crippen LogP contribution < -0.4 is 0 Å². The first kappa shape index (κ1) is 21.0. The second kappa shape index (κ2) is 8.41. The first-order chi connectivity index (χ1) is 17.8. The highest BCUT2D eigenvalue weighted by Gasteiger charge is 2.18. The van der Waals surface area contributed by atoms with E-state index >= 15 is 0 Å². The molecule has 1 heterocycles. The van der Waals surface area contributed by atoms with Crippen LogP contribution in [0.3, 0.4) is 0 Å². The van der Waals surface area contributed by atoms with Crippen molar-refractivity contribution in [2.45, 2.75) is 0 Å². The van der Waals surface area contributed by atoms with E-state index in [9.17, 15) is 0 Å². The van der Waals surface area contributed by atoms with Crippen molar-refractivity contribution in [2.24, 2.45) is 0 Å². The van der Waals surface area contributed by atoms with Gasteiger partial charge < -0.3 is 4.57 Å². The minimum atomic E-state index is 0.733. The average Bonchev–Trinajstić information content (AvgIpc) is 3.28. The van der Waals surface area contributed by atoms with Crippen LogP contribution in [0.1, 0.15) is 0 Å². The standard InChI is InChI=1S/C34H22ClN/c35-27-13-8-12-26(21-27)30-22-25(23-9-2-1-3-10-23)18-19-32(30)36-31-16-7-6-15-29(31)34-28-14-5-4-11-24(28)17-20-33(34)36/h1-22H. The first-order valence-corrected chi connectivity index (χ1v) is 12.5. The van der Waals surface area contributed by atoms with Gasteiger partial charge in [0.05, 0.1) is 16.7 Å². The fourth-order valence-electron chi connectivity index (χ4n) is 5.43. The van der Waals surface area contributed by atoms with E-state index in [1.165, 1.54) is 43.7 Å². The van der Waals surface area contributed by atoms with Crippen LogP contribution >= 0.6 is 11.6 Å². The first-order valence-electron chi connectivity index (χ1n) is 12.1. The molecule has 0 atom stereocenters. The molecule has 0 radical (unpaired) electrons. The topological polar surface area (TPSA) is 4.93 Å². The van der Waals surface area contributed by atoms with E-state index in [1.807, 2.05) is 12.1 Å². The molecule has 1 aromatic heterocycles. The van der Waals surface area contributed by atoms with Crippen molar-refractivity contribution in [1.29, 1.82) is 0 Å². The van der Waals surface area contributed by atoms with Gasteiger partial charge in [-0.1, -0.05) is 109 Å². The summed E-state index contributed by atoms with van der Waals surface area (Å²) in [6.45, 7) is 0. The quantitative estimate of drug-likeness (QED) is 0.237. The van der Waals surface area contributed by atoms with E-state index < -0.39 is 0 Å². The maximum Gasteiger partial charge on any atom is 0.0547 e. The third-order valence-electron chi connectivity index (χ3n) is 7.04. The molecule has 0 aliphatic rings. The summed E-state index contributed by atoms with van der Waals surface area (Å²) in [6, 6.07) is 47.3. The Hall–Kier alpha value is -4.33. The summed E-state index contributed by atoms with van der Waals surface area (Å²) in [5.74, 6) is 0. The van der Waals surface area contributed by atoms with Crippen molar-refractivity contribution in [3.8, 4) is 27.9 Å². The number of para-hydroxylation sites is 1. The molecular weight excluding hydrogens is 458 g/mol. The summed E-state index contributed by atoms with van der Waals surface area (Å²) in [4.78, 5) is 0. The van der Waals surface area contributed by atoms with Crippen LogP contribution in [-0.4, -0.2) is 4.57 Å². The summed E-state index contributed by atoms with van der Waals surface area (Å²) >= 11 is 6.48. The van der Waals surface area contributed by atoms with Gasteiger partial charge in [0.2, 0.25) is 0 Å². The molecule has 0 unspecified atom stereocenters. The third kappa shape index (κ3) is 3.32. The molecule has 0 bridgehead atoms. The lowest BCUT2D eigenvalue weighted by molar-refractivity contribution is 1.18. The lowest BCUT2D eigenvalue weighted by atomic mass is 9.97. The molecule has 0 spiro atoms. The summed E-state index contributed by atoms with van der Waals surface area (Å²) in [7, 11) is 0. The minimum Gasteiger partial charge on any atom is -0.309 e. The molecule has 7 aromatic rings. The Morgan fingerprint density at radius 1 is 0.472 bits per heavy atom. The third-order valence-corrected chi connectivity index (χ3v) is 7.28. The van der Waals surface area contributed by atoms with E-state index in [0.717, 1.165) is 21.8 Å². The summed E-state index contributed by atoms with van der Waals surface area (Å²) in [5.41, 5.74) is 8.15. The van der Waals surface area contributed by atoms with Gasteiger partial charge in [0.1, 0.15) is 0 Å². The molecule has 0 aliphatic carbocycles. The SMILES string of the molecule is Clc1cccc(-c2cc(-c3ccccc3)ccc2-n2c3ccccc3c3c4ccccc4ccc32)c1.